The first-order valence-corrected chi connectivity index (χ1v) is 8.71. The van der Waals surface area contributed by atoms with E-state index in [1.54, 1.807) is 0 Å². The van der Waals surface area contributed by atoms with Crippen LogP contribution >= 0.6 is 24.8 Å². The molecule has 1 atom stereocenters. The molecule has 0 radical (unpaired) electrons. The number of halogens is 2. The number of amides is 1. The molecule has 5 nitrogen and oxygen atoms in total. The molecule has 3 N–H and O–H groups in total. The van der Waals surface area contributed by atoms with E-state index in [2.05, 4.69) is 27.7 Å². The number of likely N-dealkylation sites (tertiary alicyclic amines) is 1. The highest BCUT2D eigenvalue weighted by Gasteiger charge is 2.22. The number of carbonyl (C=O) groups is 1. The van der Waals surface area contributed by atoms with Crippen LogP contribution in [0.2, 0.25) is 0 Å². The Kier molecular flexibility index (Phi) is 9.75. The molecule has 25 heavy (non-hydrogen) atoms. The van der Waals surface area contributed by atoms with E-state index in [9.17, 15) is 9.90 Å². The molecule has 0 aromatic heterocycles. The van der Waals surface area contributed by atoms with Crippen molar-refractivity contribution in [3.63, 3.8) is 0 Å². The van der Waals surface area contributed by atoms with E-state index in [-0.39, 0.29) is 36.8 Å². The topological polar surface area (TPSA) is 64.6 Å². The Morgan fingerprint density at radius 2 is 2.00 bits per heavy atom. The third-order valence-corrected chi connectivity index (χ3v) is 4.94. The van der Waals surface area contributed by atoms with Crippen molar-refractivity contribution < 1.29 is 9.90 Å². The Labute approximate surface area is 162 Å². The summed E-state index contributed by atoms with van der Waals surface area (Å²) in [6, 6.07) is 8.10. The van der Waals surface area contributed by atoms with Crippen LogP contribution < -0.4 is 10.6 Å². The summed E-state index contributed by atoms with van der Waals surface area (Å²) in [6.45, 7) is 4.22. The molecular weight excluding hydrogens is 361 g/mol. The summed E-state index contributed by atoms with van der Waals surface area (Å²) in [6.07, 6.45) is 4.13. The average Bonchev–Trinajstić information content (AvgIpc) is 3.10. The molecule has 2 saturated heterocycles. The van der Waals surface area contributed by atoms with E-state index in [1.807, 2.05) is 12.1 Å². The molecule has 1 amide bonds. The fraction of sp³-hybridized carbons (Fsp3) is 0.611. The van der Waals surface area contributed by atoms with Crippen molar-refractivity contribution >= 4 is 36.4 Å². The highest BCUT2D eigenvalue weighted by Crippen LogP contribution is 2.20. The van der Waals surface area contributed by atoms with Crippen molar-refractivity contribution in [1.82, 2.24) is 10.2 Å². The van der Waals surface area contributed by atoms with E-state index in [4.69, 9.17) is 0 Å². The van der Waals surface area contributed by atoms with Crippen molar-refractivity contribution in [2.75, 3.05) is 31.6 Å². The molecule has 2 aliphatic heterocycles. The minimum atomic E-state index is -0.0452. The van der Waals surface area contributed by atoms with Gasteiger partial charge in [0.2, 0.25) is 5.91 Å². The lowest BCUT2D eigenvalue weighted by Crippen LogP contribution is -2.35. The fourth-order valence-electron chi connectivity index (χ4n) is 3.47. The molecule has 0 aliphatic carbocycles. The van der Waals surface area contributed by atoms with Gasteiger partial charge in [0.1, 0.15) is 0 Å². The minimum absolute atomic E-state index is 0. The number of aliphatic hydroxyl groups excluding tert-OH is 1. The summed E-state index contributed by atoms with van der Waals surface area (Å²) in [5.74, 6) is 0.541. The summed E-state index contributed by atoms with van der Waals surface area (Å²) < 4.78 is 0. The number of nitrogens with one attached hydrogen (secondary N) is 2. The smallest absolute Gasteiger partial charge is 0.241 e. The molecule has 3 rings (SSSR count). The monoisotopic (exact) mass is 389 g/mol. The Morgan fingerprint density at radius 1 is 1.24 bits per heavy atom. The van der Waals surface area contributed by atoms with Gasteiger partial charge in [0, 0.05) is 18.8 Å². The second-order valence-corrected chi connectivity index (χ2v) is 6.74. The fourth-order valence-corrected chi connectivity index (χ4v) is 3.47. The summed E-state index contributed by atoms with van der Waals surface area (Å²) in [5, 5.41) is 15.5. The highest BCUT2D eigenvalue weighted by atomic mass is 35.5. The van der Waals surface area contributed by atoms with Crippen LogP contribution in [0.5, 0.6) is 0 Å². The third-order valence-electron chi connectivity index (χ3n) is 4.94. The largest absolute Gasteiger partial charge is 0.396 e. The predicted molar refractivity (Wildman–Crippen MR) is 106 cm³/mol. The van der Waals surface area contributed by atoms with Crippen LogP contribution in [0.3, 0.4) is 0 Å². The highest BCUT2D eigenvalue weighted by molar-refractivity contribution is 5.95. The van der Waals surface area contributed by atoms with Gasteiger partial charge >= 0.3 is 0 Å². The van der Waals surface area contributed by atoms with Gasteiger partial charge in [-0.25, -0.2) is 0 Å². The molecule has 0 spiro atoms. The predicted octanol–water partition coefficient (Wildman–Crippen LogP) is 2.42. The second-order valence-electron chi connectivity index (χ2n) is 6.74. The Balaban J connectivity index is 0.00000156. The summed E-state index contributed by atoms with van der Waals surface area (Å²) in [5.41, 5.74) is 2.11. The maximum absolute atomic E-state index is 12.2. The van der Waals surface area contributed by atoms with Crippen LogP contribution in [-0.2, 0) is 11.3 Å². The lowest BCUT2D eigenvalue weighted by Gasteiger charge is -2.31. The van der Waals surface area contributed by atoms with Crippen LogP contribution in [0.25, 0.3) is 0 Å². The van der Waals surface area contributed by atoms with Gasteiger partial charge in [-0.1, -0.05) is 12.1 Å². The van der Waals surface area contributed by atoms with Crippen molar-refractivity contribution in [3.8, 4) is 0 Å². The molecule has 7 heteroatoms. The molecule has 2 fully saturated rings. The Morgan fingerprint density at radius 3 is 2.64 bits per heavy atom. The lowest BCUT2D eigenvalue weighted by molar-refractivity contribution is -0.117. The number of piperidine rings is 1. The van der Waals surface area contributed by atoms with Crippen LogP contribution in [0.1, 0.15) is 31.2 Å². The molecule has 0 unspecified atom stereocenters. The van der Waals surface area contributed by atoms with Gasteiger partial charge < -0.3 is 15.7 Å². The lowest BCUT2D eigenvalue weighted by atomic mass is 9.97. The Hall–Kier alpha value is -0.850. The van der Waals surface area contributed by atoms with Gasteiger partial charge in [-0.2, -0.15) is 0 Å². The van der Waals surface area contributed by atoms with Crippen molar-refractivity contribution in [2.24, 2.45) is 5.92 Å². The van der Waals surface area contributed by atoms with Crippen LogP contribution in [-0.4, -0.2) is 48.2 Å². The van der Waals surface area contributed by atoms with Crippen LogP contribution in [0.15, 0.2) is 24.3 Å². The zero-order valence-corrected chi connectivity index (χ0v) is 16.1. The van der Waals surface area contributed by atoms with E-state index in [0.29, 0.717) is 12.5 Å². The summed E-state index contributed by atoms with van der Waals surface area (Å²) >= 11 is 0. The first-order chi connectivity index (χ1) is 11.2. The normalized spacial score (nSPS) is 21.2. The number of anilines is 1. The van der Waals surface area contributed by atoms with E-state index < -0.39 is 0 Å². The third kappa shape index (κ3) is 6.42. The van der Waals surface area contributed by atoms with Crippen LogP contribution in [0.4, 0.5) is 5.69 Å². The summed E-state index contributed by atoms with van der Waals surface area (Å²) in [7, 11) is 0. The van der Waals surface area contributed by atoms with Gasteiger partial charge in [0.05, 0.1) is 6.04 Å². The zero-order chi connectivity index (χ0) is 16.1. The number of carbonyl (C=O) groups excluding carboxylic acids is 1. The first-order valence-electron chi connectivity index (χ1n) is 8.71. The second kappa shape index (κ2) is 11.0. The minimum Gasteiger partial charge on any atom is -0.396 e. The first kappa shape index (κ1) is 22.2. The van der Waals surface area contributed by atoms with E-state index in [1.165, 1.54) is 5.56 Å². The number of benzene rings is 1. The van der Waals surface area contributed by atoms with Gasteiger partial charge in [0.15, 0.2) is 0 Å². The summed E-state index contributed by atoms with van der Waals surface area (Å²) in [4.78, 5) is 14.6. The van der Waals surface area contributed by atoms with Crippen molar-refractivity contribution in [3.05, 3.63) is 29.8 Å². The van der Waals surface area contributed by atoms with E-state index >= 15 is 0 Å². The number of aliphatic hydroxyl groups is 1. The number of hydrogen-bond donors (Lipinski definition) is 3. The zero-order valence-electron chi connectivity index (χ0n) is 14.4. The molecule has 0 saturated carbocycles. The van der Waals surface area contributed by atoms with Crippen molar-refractivity contribution in [1.29, 1.82) is 0 Å². The molecule has 142 valence electrons. The number of nitrogens with zero attached hydrogens (tertiary/aromatic N) is 1. The molecular formula is C18H29Cl2N3O2. The average molecular weight is 390 g/mol. The molecule has 2 aliphatic rings. The van der Waals surface area contributed by atoms with Gasteiger partial charge in [-0.3, -0.25) is 9.69 Å². The van der Waals surface area contributed by atoms with Gasteiger partial charge in [-0.05, 0) is 68.9 Å². The van der Waals surface area contributed by atoms with E-state index in [0.717, 1.165) is 57.5 Å². The molecule has 1 aromatic carbocycles. The maximum Gasteiger partial charge on any atom is 0.241 e. The standard InChI is InChI=1S/C18H27N3O2.2ClH/c22-13-14-6-9-21(10-7-14)12-15-3-1-4-16(11-15)20-18(23)17-5-2-8-19-17;;/h1,3-4,11,14,17,19,22H,2,5-10,12-13H2,(H,20,23);2*1H/t17-;;/m0../s1. The van der Waals surface area contributed by atoms with Crippen molar-refractivity contribution in [2.45, 2.75) is 38.3 Å². The number of hydrogen-bond acceptors (Lipinski definition) is 4. The molecule has 0 bridgehead atoms. The SMILES string of the molecule is Cl.Cl.O=C(Nc1cccc(CN2CCC(CO)CC2)c1)[C@@H]1CCCN1. The van der Waals surface area contributed by atoms with Gasteiger partial charge in [-0.15, -0.1) is 24.8 Å². The maximum atomic E-state index is 12.2. The van der Waals surface area contributed by atoms with Gasteiger partial charge in [0.25, 0.3) is 0 Å². The Bertz CT molecular complexity index is 531. The number of rotatable bonds is 5. The quantitative estimate of drug-likeness (QED) is 0.723. The molecule has 2 heterocycles. The van der Waals surface area contributed by atoms with Crippen LogP contribution in [0, 0.1) is 5.92 Å². The molecule has 1 aromatic rings.